The zero-order chi connectivity index (χ0) is 15.7. The van der Waals surface area contributed by atoms with Gasteiger partial charge in [0.1, 0.15) is 0 Å². The number of hydrogen-bond acceptors (Lipinski definition) is 5. The molecule has 1 rings (SSSR count). The molecule has 2 N–H and O–H groups in total. The molecule has 0 aliphatic rings. The number of benzene rings is 1. The molecule has 2 amide bonds. The summed E-state index contributed by atoms with van der Waals surface area (Å²) in [5.41, 5.74) is 0. The first kappa shape index (κ1) is 16.8. The van der Waals surface area contributed by atoms with E-state index in [0.717, 1.165) is 13.0 Å². The number of ether oxygens (including phenoxy) is 2. The molecule has 7 heteroatoms. The Labute approximate surface area is 124 Å². The summed E-state index contributed by atoms with van der Waals surface area (Å²) in [5, 5.41) is 4.96. The Kier molecular flexibility index (Phi) is 7.03. The van der Waals surface area contributed by atoms with Crippen LogP contribution in [0, 0.1) is 0 Å². The molecule has 116 valence electrons. The van der Waals surface area contributed by atoms with Gasteiger partial charge < -0.3 is 25.0 Å². The predicted molar refractivity (Wildman–Crippen MR) is 78.7 cm³/mol. The van der Waals surface area contributed by atoms with E-state index in [1.165, 1.54) is 7.05 Å². The maximum Gasteiger partial charge on any atom is 0.412 e. The number of carbonyl (C=O) groups excluding carboxylic acids is 2. The van der Waals surface area contributed by atoms with Crippen LogP contribution in [-0.4, -0.2) is 51.3 Å². The maximum absolute atomic E-state index is 11.7. The number of hydrogen-bond donors (Lipinski definition) is 2. The van der Waals surface area contributed by atoms with Crippen molar-refractivity contribution >= 4 is 12.2 Å². The Balaban J connectivity index is 2.50. The standard InChI is InChI=1S/C14H21N3O4/c1-15-13(18)20-11-7-4-5-8-12(11)21-14(19)16-9-6-10-17(2)3/h4-5,7-8H,6,9-10H2,1-3H3,(H,15,18)(H,16,19). The van der Waals surface area contributed by atoms with Crippen LogP contribution in [0.2, 0.25) is 0 Å². The molecule has 0 saturated carbocycles. The minimum Gasteiger partial charge on any atom is -0.406 e. The van der Waals surface area contributed by atoms with E-state index in [2.05, 4.69) is 10.6 Å². The van der Waals surface area contributed by atoms with Crippen LogP contribution in [0.15, 0.2) is 24.3 Å². The quantitative estimate of drug-likeness (QED) is 0.776. The van der Waals surface area contributed by atoms with Crippen molar-refractivity contribution in [1.82, 2.24) is 15.5 Å². The van der Waals surface area contributed by atoms with Crippen LogP contribution in [0.25, 0.3) is 0 Å². The molecule has 21 heavy (non-hydrogen) atoms. The van der Waals surface area contributed by atoms with E-state index in [1.54, 1.807) is 24.3 Å². The molecule has 0 spiro atoms. The number of nitrogens with zero attached hydrogens (tertiary/aromatic N) is 1. The number of nitrogens with one attached hydrogen (secondary N) is 2. The second-order valence-electron chi connectivity index (χ2n) is 4.56. The molecular formula is C14H21N3O4. The van der Waals surface area contributed by atoms with Gasteiger partial charge in [-0.3, -0.25) is 0 Å². The van der Waals surface area contributed by atoms with Crippen LogP contribution in [0.3, 0.4) is 0 Å². The average molecular weight is 295 g/mol. The van der Waals surface area contributed by atoms with Gasteiger partial charge in [-0.2, -0.15) is 0 Å². The molecule has 0 unspecified atom stereocenters. The van der Waals surface area contributed by atoms with E-state index in [1.807, 2.05) is 19.0 Å². The van der Waals surface area contributed by atoms with E-state index < -0.39 is 12.2 Å². The van der Waals surface area contributed by atoms with Crippen molar-refractivity contribution in [2.45, 2.75) is 6.42 Å². The van der Waals surface area contributed by atoms with Gasteiger partial charge in [-0.05, 0) is 39.2 Å². The number of rotatable bonds is 6. The van der Waals surface area contributed by atoms with Crippen molar-refractivity contribution in [2.75, 3.05) is 34.2 Å². The Hall–Kier alpha value is -2.28. The lowest BCUT2D eigenvalue weighted by molar-refractivity contribution is 0.190. The summed E-state index contributed by atoms with van der Waals surface area (Å²) in [6, 6.07) is 6.47. The van der Waals surface area contributed by atoms with E-state index in [-0.39, 0.29) is 11.5 Å². The van der Waals surface area contributed by atoms with Gasteiger partial charge in [-0.25, -0.2) is 9.59 Å². The predicted octanol–water partition coefficient (Wildman–Crippen LogP) is 1.44. The van der Waals surface area contributed by atoms with Crippen molar-refractivity contribution in [1.29, 1.82) is 0 Å². The first-order chi connectivity index (χ1) is 10.0. The minimum absolute atomic E-state index is 0.181. The monoisotopic (exact) mass is 295 g/mol. The summed E-state index contributed by atoms with van der Waals surface area (Å²) in [6.45, 7) is 1.38. The van der Waals surface area contributed by atoms with Gasteiger partial charge in [0.15, 0.2) is 11.5 Å². The minimum atomic E-state index is -0.627. The van der Waals surface area contributed by atoms with Gasteiger partial charge in [0, 0.05) is 13.6 Å². The SMILES string of the molecule is CNC(=O)Oc1ccccc1OC(=O)NCCCN(C)C. The van der Waals surface area contributed by atoms with Gasteiger partial charge in [0.05, 0.1) is 0 Å². The molecule has 7 nitrogen and oxygen atoms in total. The molecule has 1 aromatic carbocycles. The molecule has 0 atom stereocenters. The third kappa shape index (κ3) is 6.62. The van der Waals surface area contributed by atoms with Crippen LogP contribution >= 0.6 is 0 Å². The number of para-hydroxylation sites is 2. The average Bonchev–Trinajstić information content (AvgIpc) is 2.45. The highest BCUT2D eigenvalue weighted by Gasteiger charge is 2.11. The Morgan fingerprint density at radius 3 is 2.19 bits per heavy atom. The molecule has 0 aliphatic heterocycles. The maximum atomic E-state index is 11.7. The second-order valence-corrected chi connectivity index (χ2v) is 4.56. The second kappa shape index (κ2) is 8.80. The zero-order valence-electron chi connectivity index (χ0n) is 12.5. The van der Waals surface area contributed by atoms with E-state index >= 15 is 0 Å². The topological polar surface area (TPSA) is 79.9 Å². The van der Waals surface area contributed by atoms with Gasteiger partial charge in [0.25, 0.3) is 0 Å². The Bertz CT molecular complexity index is 477. The van der Waals surface area contributed by atoms with Gasteiger partial charge in [0.2, 0.25) is 0 Å². The summed E-state index contributed by atoms with van der Waals surface area (Å²) in [5.74, 6) is 0.367. The Morgan fingerprint density at radius 1 is 1.10 bits per heavy atom. The molecule has 0 aliphatic carbocycles. The van der Waals surface area contributed by atoms with Crippen LogP contribution in [0.4, 0.5) is 9.59 Å². The molecule has 0 saturated heterocycles. The molecule has 0 heterocycles. The smallest absolute Gasteiger partial charge is 0.406 e. The summed E-state index contributed by atoms with van der Waals surface area (Å²) in [4.78, 5) is 24.9. The van der Waals surface area contributed by atoms with Crippen LogP contribution in [0.1, 0.15) is 6.42 Å². The van der Waals surface area contributed by atoms with Gasteiger partial charge in [-0.15, -0.1) is 0 Å². The zero-order valence-corrected chi connectivity index (χ0v) is 12.5. The fourth-order valence-corrected chi connectivity index (χ4v) is 1.49. The van der Waals surface area contributed by atoms with Crippen LogP contribution in [-0.2, 0) is 0 Å². The lowest BCUT2D eigenvalue weighted by atomic mass is 10.3. The summed E-state index contributed by atoms with van der Waals surface area (Å²) >= 11 is 0. The highest BCUT2D eigenvalue weighted by Crippen LogP contribution is 2.26. The van der Waals surface area contributed by atoms with Crippen LogP contribution < -0.4 is 20.1 Å². The molecule has 0 fully saturated rings. The fourth-order valence-electron chi connectivity index (χ4n) is 1.49. The van der Waals surface area contributed by atoms with Crippen molar-refractivity contribution in [3.63, 3.8) is 0 Å². The Morgan fingerprint density at radius 2 is 1.67 bits per heavy atom. The lowest BCUT2D eigenvalue weighted by Gasteiger charge is -2.12. The summed E-state index contributed by atoms with van der Waals surface area (Å²) in [7, 11) is 5.37. The number of amides is 2. The first-order valence-electron chi connectivity index (χ1n) is 6.62. The van der Waals surface area contributed by atoms with Crippen molar-refractivity contribution in [3.05, 3.63) is 24.3 Å². The van der Waals surface area contributed by atoms with Gasteiger partial charge >= 0.3 is 12.2 Å². The van der Waals surface area contributed by atoms with E-state index in [4.69, 9.17) is 9.47 Å². The van der Waals surface area contributed by atoms with Gasteiger partial charge in [-0.1, -0.05) is 12.1 Å². The molecule has 0 bridgehead atoms. The highest BCUT2D eigenvalue weighted by molar-refractivity contribution is 5.74. The van der Waals surface area contributed by atoms with Crippen molar-refractivity contribution in [3.8, 4) is 11.5 Å². The summed E-state index contributed by atoms with van der Waals surface area (Å²) < 4.78 is 10.1. The summed E-state index contributed by atoms with van der Waals surface area (Å²) in [6.07, 6.45) is -0.391. The lowest BCUT2D eigenvalue weighted by Crippen LogP contribution is -2.30. The van der Waals surface area contributed by atoms with E-state index in [9.17, 15) is 9.59 Å². The largest absolute Gasteiger partial charge is 0.412 e. The highest BCUT2D eigenvalue weighted by atomic mass is 16.6. The first-order valence-corrected chi connectivity index (χ1v) is 6.62. The molecule has 0 aromatic heterocycles. The van der Waals surface area contributed by atoms with Crippen molar-refractivity contribution in [2.24, 2.45) is 0 Å². The van der Waals surface area contributed by atoms with Crippen molar-refractivity contribution < 1.29 is 19.1 Å². The molecule has 1 aromatic rings. The molecule has 0 radical (unpaired) electrons. The van der Waals surface area contributed by atoms with Crippen LogP contribution in [0.5, 0.6) is 11.5 Å². The normalized spacial score (nSPS) is 10.1. The fraction of sp³-hybridized carbons (Fsp3) is 0.429. The third-order valence-corrected chi connectivity index (χ3v) is 2.51. The molecular weight excluding hydrogens is 274 g/mol. The van der Waals surface area contributed by atoms with E-state index in [0.29, 0.717) is 6.54 Å². The number of carbonyl (C=O) groups is 2. The third-order valence-electron chi connectivity index (χ3n) is 2.51.